The number of nitrogens with zero attached hydrogens (tertiary/aromatic N) is 2. The second-order valence-electron chi connectivity index (χ2n) is 4.56. The van der Waals surface area contributed by atoms with Crippen molar-refractivity contribution >= 4 is 27.3 Å². The summed E-state index contributed by atoms with van der Waals surface area (Å²) in [4.78, 5) is 0. The van der Waals surface area contributed by atoms with Crippen LogP contribution in [-0.2, 0) is 17.1 Å². The third kappa shape index (κ3) is 2.97. The number of methoxy groups -OCH3 is 2. The molecule has 120 valence electrons. The molecule has 2 aromatic rings. The van der Waals surface area contributed by atoms with Crippen molar-refractivity contribution in [2.24, 2.45) is 7.05 Å². The van der Waals surface area contributed by atoms with E-state index in [-0.39, 0.29) is 15.7 Å². The van der Waals surface area contributed by atoms with Crippen molar-refractivity contribution in [2.75, 3.05) is 18.9 Å². The minimum absolute atomic E-state index is 0.0819. The fourth-order valence-corrected chi connectivity index (χ4v) is 3.79. The first-order valence-electron chi connectivity index (χ1n) is 6.23. The van der Waals surface area contributed by atoms with E-state index in [2.05, 4.69) is 9.82 Å². The Morgan fingerprint density at radius 2 is 1.95 bits per heavy atom. The van der Waals surface area contributed by atoms with Crippen LogP contribution in [0.25, 0.3) is 0 Å². The normalized spacial score (nSPS) is 11.3. The third-order valence-corrected chi connectivity index (χ3v) is 4.88. The van der Waals surface area contributed by atoms with Gasteiger partial charge in [0.25, 0.3) is 10.0 Å². The minimum Gasteiger partial charge on any atom is -0.493 e. The van der Waals surface area contributed by atoms with Gasteiger partial charge in [-0.1, -0.05) is 11.6 Å². The summed E-state index contributed by atoms with van der Waals surface area (Å²) in [5.41, 5.74) is 0.810. The Labute approximate surface area is 133 Å². The Morgan fingerprint density at radius 3 is 2.45 bits per heavy atom. The van der Waals surface area contributed by atoms with E-state index >= 15 is 0 Å². The van der Waals surface area contributed by atoms with Crippen LogP contribution in [0.1, 0.15) is 5.56 Å². The summed E-state index contributed by atoms with van der Waals surface area (Å²) in [7, 11) is 0.655. The van der Waals surface area contributed by atoms with E-state index < -0.39 is 10.0 Å². The van der Waals surface area contributed by atoms with Crippen molar-refractivity contribution in [3.05, 3.63) is 28.9 Å². The van der Waals surface area contributed by atoms with Gasteiger partial charge in [-0.3, -0.25) is 9.40 Å². The molecule has 0 aliphatic carbocycles. The molecule has 0 aliphatic heterocycles. The number of hydrogen-bond donors (Lipinski definition) is 1. The van der Waals surface area contributed by atoms with E-state index in [0.717, 1.165) is 0 Å². The molecule has 0 spiro atoms. The first-order chi connectivity index (χ1) is 10.3. The highest BCUT2D eigenvalue weighted by Crippen LogP contribution is 2.38. The summed E-state index contributed by atoms with van der Waals surface area (Å²) >= 11 is 6.07. The fourth-order valence-electron chi connectivity index (χ4n) is 2.10. The van der Waals surface area contributed by atoms with Gasteiger partial charge < -0.3 is 9.47 Å². The van der Waals surface area contributed by atoms with Crippen molar-refractivity contribution in [2.45, 2.75) is 11.9 Å². The zero-order valence-electron chi connectivity index (χ0n) is 12.5. The Hall–Kier alpha value is -1.93. The zero-order chi connectivity index (χ0) is 16.5. The van der Waals surface area contributed by atoms with Gasteiger partial charge in [0.05, 0.1) is 31.1 Å². The van der Waals surface area contributed by atoms with Gasteiger partial charge in [0.1, 0.15) is 0 Å². The molecule has 0 amide bonds. The van der Waals surface area contributed by atoms with E-state index in [4.69, 9.17) is 21.1 Å². The standard InChI is InChI=1S/C13H16ClN3O4S/c1-8-7-15-17(2)13(8)22(18,19)16-9-5-10(14)12(21-4)11(6-9)20-3/h5-7,16H,1-4H3. The summed E-state index contributed by atoms with van der Waals surface area (Å²) in [5, 5.41) is 4.25. The summed E-state index contributed by atoms with van der Waals surface area (Å²) in [6.45, 7) is 1.67. The Bertz CT molecular complexity index is 782. The van der Waals surface area contributed by atoms with E-state index in [1.165, 1.54) is 37.2 Å². The van der Waals surface area contributed by atoms with E-state index in [1.807, 2.05) is 0 Å². The number of rotatable bonds is 5. The van der Waals surface area contributed by atoms with Crippen LogP contribution in [-0.4, -0.2) is 32.4 Å². The largest absolute Gasteiger partial charge is 0.493 e. The molecule has 1 N–H and O–H groups in total. The number of aromatic nitrogens is 2. The van der Waals surface area contributed by atoms with E-state index in [0.29, 0.717) is 17.1 Å². The fraction of sp³-hybridized carbons (Fsp3) is 0.308. The Balaban J connectivity index is 2.45. The summed E-state index contributed by atoms with van der Waals surface area (Å²) in [6, 6.07) is 2.94. The molecule has 0 unspecified atom stereocenters. The molecule has 0 radical (unpaired) electrons. The first-order valence-corrected chi connectivity index (χ1v) is 8.09. The van der Waals surface area contributed by atoms with Crippen molar-refractivity contribution < 1.29 is 17.9 Å². The number of halogens is 1. The first kappa shape index (κ1) is 16.4. The molecule has 1 aromatic carbocycles. The average Bonchev–Trinajstić information content (AvgIpc) is 2.77. The highest BCUT2D eigenvalue weighted by molar-refractivity contribution is 7.92. The lowest BCUT2D eigenvalue weighted by atomic mass is 10.3. The predicted octanol–water partition coefficient (Wildman–Crippen LogP) is 2.20. The summed E-state index contributed by atoms with van der Waals surface area (Å²) in [6.07, 6.45) is 1.48. The smallest absolute Gasteiger partial charge is 0.279 e. The minimum atomic E-state index is -3.80. The average molecular weight is 346 g/mol. The topological polar surface area (TPSA) is 82.5 Å². The van der Waals surface area contributed by atoms with Gasteiger partial charge in [-0.15, -0.1) is 0 Å². The molecular formula is C13H16ClN3O4S. The van der Waals surface area contributed by atoms with Crippen molar-refractivity contribution in [1.82, 2.24) is 9.78 Å². The summed E-state index contributed by atoms with van der Waals surface area (Å²) in [5.74, 6) is 0.665. The molecule has 0 aliphatic rings. The summed E-state index contributed by atoms with van der Waals surface area (Å²) < 4.78 is 39.0. The number of anilines is 1. The highest BCUT2D eigenvalue weighted by Gasteiger charge is 2.22. The second-order valence-corrected chi connectivity index (χ2v) is 6.56. The number of hydrogen-bond acceptors (Lipinski definition) is 5. The SMILES string of the molecule is COc1cc(NS(=O)(=O)c2c(C)cnn2C)cc(Cl)c1OC. The van der Waals surface area contributed by atoms with Crippen LogP contribution in [0.15, 0.2) is 23.4 Å². The Kier molecular flexibility index (Phi) is 4.52. The van der Waals surface area contributed by atoms with Crippen LogP contribution >= 0.6 is 11.6 Å². The van der Waals surface area contributed by atoms with Gasteiger partial charge in [-0.2, -0.15) is 13.5 Å². The number of benzene rings is 1. The highest BCUT2D eigenvalue weighted by atomic mass is 35.5. The Morgan fingerprint density at radius 1 is 1.27 bits per heavy atom. The molecule has 0 atom stereocenters. The molecule has 0 fully saturated rings. The lowest BCUT2D eigenvalue weighted by Gasteiger charge is -2.13. The van der Waals surface area contributed by atoms with Crippen molar-refractivity contribution in [3.8, 4) is 11.5 Å². The molecule has 1 aromatic heterocycles. The van der Waals surface area contributed by atoms with Crippen LogP contribution in [0.4, 0.5) is 5.69 Å². The van der Waals surface area contributed by atoms with Crippen LogP contribution in [0, 0.1) is 6.92 Å². The number of ether oxygens (including phenoxy) is 2. The maximum absolute atomic E-state index is 12.5. The molecule has 0 saturated heterocycles. The van der Waals surface area contributed by atoms with Crippen LogP contribution < -0.4 is 14.2 Å². The molecule has 22 heavy (non-hydrogen) atoms. The molecule has 0 saturated carbocycles. The molecular weight excluding hydrogens is 330 g/mol. The predicted molar refractivity (Wildman–Crippen MR) is 83.3 cm³/mol. The lowest BCUT2D eigenvalue weighted by molar-refractivity contribution is 0.355. The van der Waals surface area contributed by atoms with Crippen molar-refractivity contribution in [1.29, 1.82) is 0 Å². The maximum atomic E-state index is 12.5. The van der Waals surface area contributed by atoms with E-state index in [1.54, 1.807) is 14.0 Å². The molecule has 2 rings (SSSR count). The number of nitrogens with one attached hydrogen (secondary N) is 1. The number of sulfonamides is 1. The molecule has 7 nitrogen and oxygen atoms in total. The monoisotopic (exact) mass is 345 g/mol. The van der Waals surface area contributed by atoms with Gasteiger partial charge in [0.2, 0.25) is 0 Å². The second kappa shape index (κ2) is 6.05. The van der Waals surface area contributed by atoms with Gasteiger partial charge in [0.15, 0.2) is 16.5 Å². The van der Waals surface area contributed by atoms with Gasteiger partial charge >= 0.3 is 0 Å². The van der Waals surface area contributed by atoms with Gasteiger partial charge in [-0.05, 0) is 13.0 Å². The van der Waals surface area contributed by atoms with Gasteiger partial charge in [-0.25, -0.2) is 0 Å². The lowest BCUT2D eigenvalue weighted by Crippen LogP contribution is -2.17. The molecule has 0 bridgehead atoms. The maximum Gasteiger partial charge on any atom is 0.279 e. The molecule has 9 heteroatoms. The van der Waals surface area contributed by atoms with E-state index in [9.17, 15) is 8.42 Å². The zero-order valence-corrected chi connectivity index (χ0v) is 14.1. The quantitative estimate of drug-likeness (QED) is 0.898. The van der Waals surface area contributed by atoms with Crippen LogP contribution in [0.3, 0.4) is 0 Å². The number of aryl methyl sites for hydroxylation is 2. The third-order valence-electron chi connectivity index (χ3n) is 3.00. The molecule has 1 heterocycles. The van der Waals surface area contributed by atoms with Crippen LogP contribution in [0.5, 0.6) is 11.5 Å². The van der Waals surface area contributed by atoms with Gasteiger partial charge in [0, 0.05) is 18.7 Å². The van der Waals surface area contributed by atoms with Crippen LogP contribution in [0.2, 0.25) is 5.02 Å². The van der Waals surface area contributed by atoms with Crippen molar-refractivity contribution in [3.63, 3.8) is 0 Å².